The standard InChI is InChI=1S/C11H22O2/c1-9(2)12-8-13-11-6-4-10(3)5-7-11/h9-11H,4-8H2,1-3H3. The third kappa shape index (κ3) is 4.63. The summed E-state index contributed by atoms with van der Waals surface area (Å²) in [6.45, 7) is 6.86. The third-order valence-corrected chi connectivity index (χ3v) is 2.67. The summed E-state index contributed by atoms with van der Waals surface area (Å²) in [6, 6.07) is 0. The van der Waals surface area contributed by atoms with E-state index in [1.54, 1.807) is 0 Å². The van der Waals surface area contributed by atoms with Crippen molar-refractivity contribution in [2.45, 2.75) is 58.7 Å². The number of ether oxygens (including phenoxy) is 2. The fourth-order valence-electron chi connectivity index (χ4n) is 1.67. The average molecular weight is 186 g/mol. The lowest BCUT2D eigenvalue weighted by Gasteiger charge is -2.26. The molecule has 2 heteroatoms. The minimum absolute atomic E-state index is 0.280. The second kappa shape index (κ2) is 5.61. The Bertz CT molecular complexity index is 126. The Hall–Kier alpha value is -0.0800. The van der Waals surface area contributed by atoms with Crippen LogP contribution in [0.3, 0.4) is 0 Å². The molecule has 2 nitrogen and oxygen atoms in total. The highest BCUT2D eigenvalue weighted by Crippen LogP contribution is 2.25. The van der Waals surface area contributed by atoms with Gasteiger partial charge in [0.25, 0.3) is 0 Å². The lowest BCUT2D eigenvalue weighted by atomic mass is 9.89. The molecule has 78 valence electrons. The Kier molecular flexibility index (Phi) is 4.74. The van der Waals surface area contributed by atoms with Gasteiger partial charge >= 0.3 is 0 Å². The highest BCUT2D eigenvalue weighted by atomic mass is 16.7. The molecule has 0 amide bonds. The molecule has 0 atom stereocenters. The van der Waals surface area contributed by atoms with Gasteiger partial charge in [-0.1, -0.05) is 6.92 Å². The van der Waals surface area contributed by atoms with Crippen LogP contribution in [0.4, 0.5) is 0 Å². The topological polar surface area (TPSA) is 18.5 Å². The van der Waals surface area contributed by atoms with Crippen molar-refractivity contribution >= 4 is 0 Å². The molecule has 0 aromatic rings. The molecular formula is C11H22O2. The van der Waals surface area contributed by atoms with Gasteiger partial charge in [-0.05, 0) is 45.4 Å². The molecule has 1 aliphatic carbocycles. The largest absolute Gasteiger partial charge is 0.353 e. The molecule has 0 radical (unpaired) electrons. The number of hydrogen-bond donors (Lipinski definition) is 0. The molecule has 0 heterocycles. The second-order valence-electron chi connectivity index (χ2n) is 4.38. The molecule has 0 aromatic heterocycles. The van der Waals surface area contributed by atoms with E-state index in [2.05, 4.69) is 6.92 Å². The maximum atomic E-state index is 5.62. The van der Waals surface area contributed by atoms with Gasteiger partial charge in [0.15, 0.2) is 0 Å². The van der Waals surface area contributed by atoms with Crippen LogP contribution in [-0.2, 0) is 9.47 Å². The van der Waals surface area contributed by atoms with Crippen LogP contribution < -0.4 is 0 Å². The molecule has 0 unspecified atom stereocenters. The lowest BCUT2D eigenvalue weighted by molar-refractivity contribution is -0.118. The van der Waals surface area contributed by atoms with Gasteiger partial charge in [-0.25, -0.2) is 0 Å². The summed E-state index contributed by atoms with van der Waals surface area (Å²) in [7, 11) is 0. The summed E-state index contributed by atoms with van der Waals surface area (Å²) < 4.78 is 11.0. The molecular weight excluding hydrogens is 164 g/mol. The predicted molar refractivity (Wildman–Crippen MR) is 53.6 cm³/mol. The SMILES string of the molecule is CC1CCC(OCOC(C)C)CC1. The van der Waals surface area contributed by atoms with Crippen LogP contribution >= 0.6 is 0 Å². The summed E-state index contributed by atoms with van der Waals surface area (Å²) in [5.41, 5.74) is 0. The Morgan fingerprint density at radius 2 is 1.77 bits per heavy atom. The molecule has 0 N–H and O–H groups in total. The molecule has 1 saturated carbocycles. The molecule has 1 rings (SSSR count). The summed E-state index contributed by atoms with van der Waals surface area (Å²) >= 11 is 0. The highest BCUT2D eigenvalue weighted by Gasteiger charge is 2.18. The number of hydrogen-bond acceptors (Lipinski definition) is 2. The van der Waals surface area contributed by atoms with Gasteiger partial charge < -0.3 is 9.47 Å². The van der Waals surface area contributed by atoms with Crippen molar-refractivity contribution in [3.63, 3.8) is 0 Å². The zero-order valence-electron chi connectivity index (χ0n) is 9.08. The van der Waals surface area contributed by atoms with Crippen molar-refractivity contribution in [3.05, 3.63) is 0 Å². The lowest BCUT2D eigenvalue weighted by Crippen LogP contribution is -2.22. The van der Waals surface area contributed by atoms with Crippen LogP contribution in [0.5, 0.6) is 0 Å². The van der Waals surface area contributed by atoms with Crippen LogP contribution in [0.2, 0.25) is 0 Å². The van der Waals surface area contributed by atoms with E-state index in [1.807, 2.05) is 13.8 Å². The minimum atomic E-state index is 0.280. The van der Waals surface area contributed by atoms with E-state index < -0.39 is 0 Å². The van der Waals surface area contributed by atoms with E-state index in [0.717, 1.165) is 5.92 Å². The molecule has 0 spiro atoms. The maximum Gasteiger partial charge on any atom is 0.147 e. The van der Waals surface area contributed by atoms with E-state index in [9.17, 15) is 0 Å². The first-order valence-corrected chi connectivity index (χ1v) is 5.41. The Morgan fingerprint density at radius 1 is 1.15 bits per heavy atom. The Balaban J connectivity index is 2.02. The van der Waals surface area contributed by atoms with E-state index >= 15 is 0 Å². The summed E-state index contributed by atoms with van der Waals surface area (Å²) in [5.74, 6) is 0.894. The molecule has 13 heavy (non-hydrogen) atoms. The van der Waals surface area contributed by atoms with Gasteiger partial charge in [-0.2, -0.15) is 0 Å². The first kappa shape index (κ1) is 11.0. The molecule has 1 aliphatic rings. The van der Waals surface area contributed by atoms with Crippen LogP contribution in [-0.4, -0.2) is 19.0 Å². The van der Waals surface area contributed by atoms with Crippen LogP contribution in [0.1, 0.15) is 46.5 Å². The first-order valence-electron chi connectivity index (χ1n) is 5.41. The smallest absolute Gasteiger partial charge is 0.147 e. The second-order valence-corrected chi connectivity index (χ2v) is 4.38. The van der Waals surface area contributed by atoms with Crippen molar-refractivity contribution in [2.75, 3.05) is 6.79 Å². The van der Waals surface area contributed by atoms with Gasteiger partial charge in [0.2, 0.25) is 0 Å². The summed E-state index contributed by atoms with van der Waals surface area (Å²) in [5, 5.41) is 0. The zero-order valence-corrected chi connectivity index (χ0v) is 9.08. The van der Waals surface area contributed by atoms with Gasteiger partial charge in [-0.15, -0.1) is 0 Å². The molecule has 0 bridgehead atoms. The van der Waals surface area contributed by atoms with E-state index in [0.29, 0.717) is 12.9 Å². The normalized spacial score (nSPS) is 29.5. The first-order chi connectivity index (χ1) is 6.18. The summed E-state index contributed by atoms with van der Waals surface area (Å²) in [4.78, 5) is 0. The molecule has 0 aromatic carbocycles. The van der Waals surface area contributed by atoms with E-state index in [4.69, 9.17) is 9.47 Å². The molecule has 0 aliphatic heterocycles. The van der Waals surface area contributed by atoms with Crippen molar-refractivity contribution in [1.29, 1.82) is 0 Å². The van der Waals surface area contributed by atoms with Crippen molar-refractivity contribution in [1.82, 2.24) is 0 Å². The fourth-order valence-corrected chi connectivity index (χ4v) is 1.67. The maximum absolute atomic E-state index is 5.62. The summed E-state index contributed by atoms with van der Waals surface area (Å²) in [6.07, 6.45) is 5.78. The fraction of sp³-hybridized carbons (Fsp3) is 1.00. The van der Waals surface area contributed by atoms with Crippen molar-refractivity contribution in [2.24, 2.45) is 5.92 Å². The monoisotopic (exact) mass is 186 g/mol. The minimum Gasteiger partial charge on any atom is -0.353 e. The van der Waals surface area contributed by atoms with Gasteiger partial charge in [-0.3, -0.25) is 0 Å². The van der Waals surface area contributed by atoms with Crippen molar-refractivity contribution < 1.29 is 9.47 Å². The Labute approximate surface area is 81.6 Å². The van der Waals surface area contributed by atoms with Crippen LogP contribution in [0, 0.1) is 5.92 Å². The van der Waals surface area contributed by atoms with Crippen LogP contribution in [0.15, 0.2) is 0 Å². The number of rotatable bonds is 4. The van der Waals surface area contributed by atoms with Crippen molar-refractivity contribution in [3.8, 4) is 0 Å². The Morgan fingerprint density at radius 3 is 2.31 bits per heavy atom. The third-order valence-electron chi connectivity index (χ3n) is 2.67. The highest BCUT2D eigenvalue weighted by molar-refractivity contribution is 4.69. The van der Waals surface area contributed by atoms with E-state index in [-0.39, 0.29) is 6.10 Å². The van der Waals surface area contributed by atoms with Crippen LogP contribution in [0.25, 0.3) is 0 Å². The zero-order chi connectivity index (χ0) is 9.68. The molecule has 1 fully saturated rings. The molecule has 0 saturated heterocycles. The van der Waals surface area contributed by atoms with E-state index in [1.165, 1.54) is 25.7 Å². The van der Waals surface area contributed by atoms with Gasteiger partial charge in [0.05, 0.1) is 12.2 Å². The predicted octanol–water partition coefficient (Wildman–Crippen LogP) is 2.96. The average Bonchev–Trinajstić information content (AvgIpc) is 2.08. The van der Waals surface area contributed by atoms with Gasteiger partial charge in [0.1, 0.15) is 6.79 Å². The van der Waals surface area contributed by atoms with Gasteiger partial charge in [0, 0.05) is 0 Å². The quantitative estimate of drug-likeness (QED) is 0.628.